The van der Waals surface area contributed by atoms with Gasteiger partial charge in [-0.05, 0) is 50.6 Å². The van der Waals surface area contributed by atoms with Gasteiger partial charge in [0.15, 0.2) is 11.5 Å². The Morgan fingerprint density at radius 1 is 1.15 bits per heavy atom. The summed E-state index contributed by atoms with van der Waals surface area (Å²) in [6, 6.07) is 14.1. The van der Waals surface area contributed by atoms with Crippen LogP contribution in [-0.4, -0.2) is 58.6 Å². The molecule has 0 aliphatic carbocycles. The quantitative estimate of drug-likeness (QED) is 0.532. The van der Waals surface area contributed by atoms with Gasteiger partial charge >= 0.3 is 0 Å². The molecule has 0 unspecified atom stereocenters. The van der Waals surface area contributed by atoms with Gasteiger partial charge in [-0.15, -0.1) is 0 Å². The second kappa shape index (κ2) is 10.6. The van der Waals surface area contributed by atoms with Crippen molar-refractivity contribution in [1.82, 2.24) is 24.8 Å². The Morgan fingerprint density at radius 3 is 2.67 bits per heavy atom. The van der Waals surface area contributed by atoms with Crippen molar-refractivity contribution in [2.75, 3.05) is 38.1 Å². The average Bonchev–Trinajstić information content (AvgIpc) is 2.85. The molecule has 1 aliphatic rings. The van der Waals surface area contributed by atoms with E-state index in [0.29, 0.717) is 36.6 Å². The molecule has 174 valence electrons. The van der Waals surface area contributed by atoms with E-state index < -0.39 is 0 Å². The summed E-state index contributed by atoms with van der Waals surface area (Å²) in [7, 11) is 3.83. The number of hydrogen-bond donors (Lipinski definition) is 1. The maximum Gasteiger partial charge on any atom is 0.294 e. The first-order chi connectivity index (χ1) is 16.0. The Hall–Kier alpha value is -3.26. The lowest BCUT2D eigenvalue weighted by Crippen LogP contribution is -2.43. The highest BCUT2D eigenvalue weighted by molar-refractivity contribution is 5.79. The molecule has 8 nitrogen and oxygen atoms in total. The number of benzene rings is 1. The number of aromatic nitrogens is 3. The van der Waals surface area contributed by atoms with Crippen molar-refractivity contribution >= 4 is 22.9 Å². The molecule has 33 heavy (non-hydrogen) atoms. The van der Waals surface area contributed by atoms with E-state index in [1.54, 1.807) is 17.8 Å². The predicted octanol–water partition coefficient (Wildman–Crippen LogP) is 2.18. The zero-order chi connectivity index (χ0) is 23.2. The fraction of sp³-hybridized carbons (Fsp3) is 0.440. The molecule has 1 N–H and O–H groups in total. The molecule has 3 heterocycles. The zero-order valence-electron chi connectivity index (χ0n) is 19.4. The van der Waals surface area contributed by atoms with E-state index in [-0.39, 0.29) is 17.4 Å². The number of anilines is 1. The number of piperidine rings is 1. The van der Waals surface area contributed by atoms with Crippen molar-refractivity contribution < 1.29 is 4.79 Å². The molecule has 8 heteroatoms. The standard InChI is InChI=1S/C25H32N6O2/c1-29(18-19-8-4-3-5-9-19)15-7-14-27-24(32)20-11-16-31(17-12-20)23-25(33)30(2)22-21(28-23)10-6-13-26-22/h3-6,8-10,13,20H,7,11-12,14-18H2,1-2H3,(H,27,32). The van der Waals surface area contributed by atoms with Crippen LogP contribution in [0, 0.1) is 5.92 Å². The van der Waals surface area contributed by atoms with Gasteiger partial charge in [0, 0.05) is 45.3 Å². The lowest BCUT2D eigenvalue weighted by molar-refractivity contribution is -0.125. The fourth-order valence-electron chi connectivity index (χ4n) is 4.38. The van der Waals surface area contributed by atoms with Gasteiger partial charge < -0.3 is 15.1 Å². The van der Waals surface area contributed by atoms with Gasteiger partial charge in [0.1, 0.15) is 5.52 Å². The van der Waals surface area contributed by atoms with Gasteiger partial charge in [0.25, 0.3) is 5.56 Å². The van der Waals surface area contributed by atoms with Crippen LogP contribution in [0.25, 0.3) is 11.2 Å². The smallest absolute Gasteiger partial charge is 0.294 e. The van der Waals surface area contributed by atoms with Crippen LogP contribution in [-0.2, 0) is 18.4 Å². The van der Waals surface area contributed by atoms with Crippen LogP contribution in [0.15, 0.2) is 53.5 Å². The van der Waals surface area contributed by atoms with Crippen molar-refractivity contribution in [3.8, 4) is 0 Å². The maximum absolute atomic E-state index is 12.8. The SMILES string of the molecule is CN(CCCNC(=O)C1CCN(c2nc3cccnc3n(C)c2=O)CC1)Cc1ccccc1. The highest BCUT2D eigenvalue weighted by atomic mass is 16.2. The summed E-state index contributed by atoms with van der Waals surface area (Å²) >= 11 is 0. The van der Waals surface area contributed by atoms with Crippen LogP contribution < -0.4 is 15.8 Å². The number of carbonyl (C=O) groups excluding carboxylic acids is 1. The molecule has 1 amide bonds. The minimum atomic E-state index is -0.149. The molecule has 4 rings (SSSR count). The molecular formula is C25H32N6O2. The molecule has 3 aromatic rings. The maximum atomic E-state index is 12.8. The van der Waals surface area contributed by atoms with Crippen LogP contribution in [0.4, 0.5) is 5.82 Å². The first-order valence-corrected chi connectivity index (χ1v) is 11.6. The van der Waals surface area contributed by atoms with Gasteiger partial charge in [-0.3, -0.25) is 14.2 Å². The van der Waals surface area contributed by atoms with Crippen molar-refractivity contribution in [3.63, 3.8) is 0 Å². The summed E-state index contributed by atoms with van der Waals surface area (Å²) < 4.78 is 1.55. The van der Waals surface area contributed by atoms with Crippen LogP contribution in [0.5, 0.6) is 0 Å². The molecule has 1 fully saturated rings. The molecule has 2 aromatic heterocycles. The van der Waals surface area contributed by atoms with Crippen molar-refractivity contribution in [3.05, 3.63) is 64.6 Å². The zero-order valence-corrected chi connectivity index (χ0v) is 19.4. The van der Waals surface area contributed by atoms with Crippen molar-refractivity contribution in [2.24, 2.45) is 13.0 Å². The van der Waals surface area contributed by atoms with Crippen LogP contribution in [0.1, 0.15) is 24.8 Å². The summed E-state index contributed by atoms with van der Waals surface area (Å²) in [5.74, 6) is 0.538. The summed E-state index contributed by atoms with van der Waals surface area (Å²) in [4.78, 5) is 38.5. The molecule has 0 atom stereocenters. The fourth-order valence-corrected chi connectivity index (χ4v) is 4.38. The molecule has 0 bridgehead atoms. The molecule has 1 saturated heterocycles. The van der Waals surface area contributed by atoms with Gasteiger partial charge in [0.05, 0.1) is 0 Å². The molecule has 1 aliphatic heterocycles. The number of carbonyl (C=O) groups is 1. The molecule has 0 saturated carbocycles. The Morgan fingerprint density at radius 2 is 1.91 bits per heavy atom. The normalized spacial score (nSPS) is 14.7. The first kappa shape index (κ1) is 22.9. The van der Waals surface area contributed by atoms with E-state index >= 15 is 0 Å². The summed E-state index contributed by atoms with van der Waals surface area (Å²) in [6.45, 7) is 3.81. The van der Waals surface area contributed by atoms with Gasteiger partial charge in [-0.1, -0.05) is 30.3 Å². The molecule has 0 radical (unpaired) electrons. The topological polar surface area (TPSA) is 83.4 Å². The van der Waals surface area contributed by atoms with E-state index in [0.717, 1.165) is 32.4 Å². The third kappa shape index (κ3) is 5.57. The highest BCUT2D eigenvalue weighted by Crippen LogP contribution is 2.21. The minimum Gasteiger partial charge on any atom is -0.356 e. The predicted molar refractivity (Wildman–Crippen MR) is 130 cm³/mol. The number of nitrogens with zero attached hydrogens (tertiary/aromatic N) is 5. The second-order valence-electron chi connectivity index (χ2n) is 8.77. The number of aryl methyl sites for hydroxylation is 1. The van der Waals surface area contributed by atoms with E-state index in [1.807, 2.05) is 23.1 Å². The minimum absolute atomic E-state index is 0.0192. The largest absolute Gasteiger partial charge is 0.356 e. The summed E-state index contributed by atoms with van der Waals surface area (Å²) in [5, 5.41) is 3.10. The number of fused-ring (bicyclic) bond motifs is 1. The lowest BCUT2D eigenvalue weighted by atomic mass is 9.96. The van der Waals surface area contributed by atoms with Crippen molar-refractivity contribution in [2.45, 2.75) is 25.8 Å². The highest BCUT2D eigenvalue weighted by Gasteiger charge is 2.27. The van der Waals surface area contributed by atoms with Gasteiger partial charge in [-0.2, -0.15) is 0 Å². The van der Waals surface area contributed by atoms with E-state index in [9.17, 15) is 9.59 Å². The Balaban J connectivity index is 1.23. The van der Waals surface area contributed by atoms with Gasteiger partial charge in [0.2, 0.25) is 5.91 Å². The number of amides is 1. The lowest BCUT2D eigenvalue weighted by Gasteiger charge is -2.32. The molecular weight excluding hydrogens is 416 g/mol. The average molecular weight is 449 g/mol. The third-order valence-electron chi connectivity index (χ3n) is 6.28. The molecule has 0 spiro atoms. The Labute approximate surface area is 194 Å². The van der Waals surface area contributed by atoms with Crippen LogP contribution in [0.3, 0.4) is 0 Å². The first-order valence-electron chi connectivity index (χ1n) is 11.6. The van der Waals surface area contributed by atoms with Crippen molar-refractivity contribution in [1.29, 1.82) is 0 Å². The Kier molecular flexibility index (Phi) is 7.34. The van der Waals surface area contributed by atoms with E-state index in [1.165, 1.54) is 5.56 Å². The van der Waals surface area contributed by atoms with Crippen LogP contribution in [0.2, 0.25) is 0 Å². The monoisotopic (exact) mass is 448 g/mol. The van der Waals surface area contributed by atoms with Crippen LogP contribution >= 0.6 is 0 Å². The second-order valence-corrected chi connectivity index (χ2v) is 8.77. The number of hydrogen-bond acceptors (Lipinski definition) is 6. The Bertz CT molecular complexity index is 1140. The summed E-state index contributed by atoms with van der Waals surface area (Å²) in [5.41, 5.74) is 2.42. The van der Waals surface area contributed by atoms with Gasteiger partial charge in [-0.25, -0.2) is 9.97 Å². The number of nitrogens with one attached hydrogen (secondary N) is 1. The molecule has 1 aromatic carbocycles. The number of rotatable bonds is 8. The summed E-state index contributed by atoms with van der Waals surface area (Å²) in [6.07, 6.45) is 4.01. The third-order valence-corrected chi connectivity index (χ3v) is 6.28. The van der Waals surface area contributed by atoms with E-state index in [4.69, 9.17) is 0 Å². The number of pyridine rings is 1. The van der Waals surface area contributed by atoms with E-state index in [2.05, 4.69) is 51.5 Å².